The molecule has 0 radical (unpaired) electrons. The van der Waals surface area contributed by atoms with Crippen molar-refractivity contribution in [2.24, 2.45) is 0 Å². The van der Waals surface area contributed by atoms with Crippen LogP contribution in [0.25, 0.3) is 0 Å². The second-order valence-corrected chi connectivity index (χ2v) is 5.38. The molecule has 108 valence electrons. The van der Waals surface area contributed by atoms with E-state index < -0.39 is 12.0 Å². The van der Waals surface area contributed by atoms with Gasteiger partial charge in [0.1, 0.15) is 11.9 Å². The van der Waals surface area contributed by atoms with Crippen molar-refractivity contribution in [2.75, 3.05) is 0 Å². The quantitative estimate of drug-likeness (QED) is 0.921. The van der Waals surface area contributed by atoms with E-state index in [2.05, 4.69) is 0 Å². The molecule has 1 fully saturated rings. The maximum absolute atomic E-state index is 13.6. The van der Waals surface area contributed by atoms with Crippen LogP contribution in [0.3, 0.4) is 0 Å². The van der Waals surface area contributed by atoms with Crippen LogP contribution in [0.15, 0.2) is 12.1 Å². The van der Waals surface area contributed by atoms with Gasteiger partial charge < -0.3 is 10.0 Å². The van der Waals surface area contributed by atoms with Crippen molar-refractivity contribution in [3.8, 4) is 0 Å². The van der Waals surface area contributed by atoms with Gasteiger partial charge >= 0.3 is 5.97 Å². The summed E-state index contributed by atoms with van der Waals surface area (Å²) >= 11 is 0. The lowest BCUT2D eigenvalue weighted by atomic mass is 10.0. The summed E-state index contributed by atoms with van der Waals surface area (Å²) in [6.45, 7) is 4.70. The average molecular weight is 279 g/mol. The van der Waals surface area contributed by atoms with E-state index in [0.29, 0.717) is 16.7 Å². The number of hydrogen-bond donors (Lipinski definition) is 1. The summed E-state index contributed by atoms with van der Waals surface area (Å²) in [5, 5.41) is 9.12. The molecule has 0 spiro atoms. The van der Waals surface area contributed by atoms with Crippen molar-refractivity contribution < 1.29 is 19.1 Å². The summed E-state index contributed by atoms with van der Waals surface area (Å²) in [5.74, 6) is -1.69. The molecule has 1 aliphatic rings. The molecule has 0 aromatic heterocycles. The molecule has 4 nitrogen and oxygen atoms in total. The van der Waals surface area contributed by atoms with E-state index in [1.165, 1.54) is 24.0 Å². The smallest absolute Gasteiger partial charge is 0.326 e. The number of nitrogens with zero attached hydrogens (tertiary/aromatic N) is 1. The lowest BCUT2D eigenvalue weighted by molar-refractivity contribution is -0.141. The Kier molecular flexibility index (Phi) is 3.79. The van der Waals surface area contributed by atoms with E-state index in [9.17, 15) is 14.0 Å². The molecular weight excluding hydrogens is 261 g/mol. The summed E-state index contributed by atoms with van der Waals surface area (Å²) in [4.78, 5) is 25.1. The van der Waals surface area contributed by atoms with Crippen molar-refractivity contribution in [3.05, 3.63) is 34.6 Å². The van der Waals surface area contributed by atoms with Crippen LogP contribution in [0.2, 0.25) is 0 Å². The van der Waals surface area contributed by atoms with Gasteiger partial charge in [0, 0.05) is 11.6 Å². The number of carbonyl (C=O) groups is 2. The van der Waals surface area contributed by atoms with Crippen molar-refractivity contribution in [3.63, 3.8) is 0 Å². The van der Waals surface area contributed by atoms with E-state index in [1.54, 1.807) is 13.8 Å². The Morgan fingerprint density at radius 1 is 1.30 bits per heavy atom. The summed E-state index contributed by atoms with van der Waals surface area (Å²) in [6.07, 6.45) is 1.64. The third kappa shape index (κ3) is 2.66. The van der Waals surface area contributed by atoms with Gasteiger partial charge in [0.15, 0.2) is 0 Å². The number of halogens is 1. The molecule has 1 unspecified atom stereocenters. The van der Waals surface area contributed by atoms with Crippen molar-refractivity contribution in [1.82, 2.24) is 4.90 Å². The molecule has 1 saturated carbocycles. The summed E-state index contributed by atoms with van der Waals surface area (Å²) in [6, 6.07) is 2.07. The predicted octanol–water partition coefficient (Wildman–Crippen LogP) is 2.52. The normalized spacial score (nSPS) is 15.8. The molecule has 1 N–H and O–H groups in total. The van der Waals surface area contributed by atoms with Crippen molar-refractivity contribution >= 4 is 11.9 Å². The Morgan fingerprint density at radius 2 is 1.80 bits per heavy atom. The Labute approximate surface area is 117 Å². The number of aryl methyl sites for hydroxylation is 2. The number of rotatable bonds is 4. The molecule has 2 rings (SSSR count). The number of carboxylic acids is 1. The molecule has 0 aliphatic heterocycles. The Hall–Kier alpha value is -1.91. The maximum atomic E-state index is 13.6. The zero-order chi connectivity index (χ0) is 15.0. The molecule has 0 saturated heterocycles. The lowest BCUT2D eigenvalue weighted by Crippen LogP contribution is -2.44. The fraction of sp³-hybridized carbons (Fsp3) is 0.467. The number of carbonyl (C=O) groups excluding carboxylic acids is 1. The predicted molar refractivity (Wildman–Crippen MR) is 72.2 cm³/mol. The van der Waals surface area contributed by atoms with Gasteiger partial charge in [-0.15, -0.1) is 0 Å². The molecule has 1 atom stereocenters. The van der Waals surface area contributed by atoms with Crippen LogP contribution in [-0.4, -0.2) is 34.0 Å². The molecule has 0 bridgehead atoms. The highest BCUT2D eigenvalue weighted by Gasteiger charge is 2.38. The number of benzene rings is 1. The molecule has 1 aromatic carbocycles. The van der Waals surface area contributed by atoms with Crippen LogP contribution in [0, 0.1) is 19.7 Å². The summed E-state index contributed by atoms with van der Waals surface area (Å²) in [7, 11) is 0. The van der Waals surface area contributed by atoms with Crippen molar-refractivity contribution in [2.45, 2.75) is 45.7 Å². The Morgan fingerprint density at radius 3 is 2.20 bits per heavy atom. The summed E-state index contributed by atoms with van der Waals surface area (Å²) in [5.41, 5.74) is 1.14. The fourth-order valence-electron chi connectivity index (χ4n) is 2.35. The van der Waals surface area contributed by atoms with E-state index in [1.807, 2.05) is 0 Å². The minimum Gasteiger partial charge on any atom is -0.480 e. The van der Waals surface area contributed by atoms with Crippen molar-refractivity contribution in [1.29, 1.82) is 0 Å². The highest BCUT2D eigenvalue weighted by atomic mass is 19.1. The first-order valence-corrected chi connectivity index (χ1v) is 6.65. The second-order valence-electron chi connectivity index (χ2n) is 5.38. The first-order valence-electron chi connectivity index (χ1n) is 6.65. The van der Waals surface area contributed by atoms with Crippen LogP contribution in [0.1, 0.15) is 41.3 Å². The van der Waals surface area contributed by atoms with E-state index >= 15 is 0 Å². The largest absolute Gasteiger partial charge is 0.480 e. The minimum atomic E-state index is -1.03. The standard InChI is InChI=1S/C15H18FNO3/c1-8-6-11(7-9(2)13(8)16)14(18)17(12-4-5-12)10(3)15(19)20/h6-7,10,12H,4-5H2,1-3H3,(H,19,20). The van der Waals surface area contributed by atoms with Crippen LogP contribution >= 0.6 is 0 Å². The fourth-order valence-corrected chi connectivity index (χ4v) is 2.35. The SMILES string of the molecule is Cc1cc(C(=O)N(C2CC2)C(C)C(=O)O)cc(C)c1F. The highest BCUT2D eigenvalue weighted by Crippen LogP contribution is 2.30. The van der Waals surface area contributed by atoms with Crippen LogP contribution in [-0.2, 0) is 4.79 Å². The summed E-state index contributed by atoms with van der Waals surface area (Å²) < 4.78 is 13.6. The van der Waals surface area contributed by atoms with Gasteiger partial charge in [-0.3, -0.25) is 4.79 Å². The first kappa shape index (κ1) is 14.5. The molecule has 1 aromatic rings. The van der Waals surface area contributed by atoms with E-state index in [4.69, 9.17) is 5.11 Å². The number of carboxylic acid groups (broad SMARTS) is 1. The molecule has 1 aliphatic carbocycles. The molecule has 20 heavy (non-hydrogen) atoms. The number of hydrogen-bond acceptors (Lipinski definition) is 2. The van der Waals surface area contributed by atoms with Crippen LogP contribution in [0.5, 0.6) is 0 Å². The number of amides is 1. The third-order valence-corrected chi connectivity index (χ3v) is 3.63. The second kappa shape index (κ2) is 5.23. The Balaban J connectivity index is 2.35. The van der Waals surface area contributed by atoms with Gasteiger partial charge in [0.25, 0.3) is 5.91 Å². The van der Waals surface area contributed by atoms with E-state index in [0.717, 1.165) is 12.8 Å². The highest BCUT2D eigenvalue weighted by molar-refractivity contribution is 5.97. The Bertz CT molecular complexity index is 543. The van der Waals surface area contributed by atoms with Gasteiger partial charge in [-0.05, 0) is 56.9 Å². The van der Waals surface area contributed by atoms with Crippen LogP contribution < -0.4 is 0 Å². The third-order valence-electron chi connectivity index (χ3n) is 3.63. The topological polar surface area (TPSA) is 57.6 Å². The molecule has 5 heteroatoms. The maximum Gasteiger partial charge on any atom is 0.326 e. The van der Waals surface area contributed by atoms with Crippen LogP contribution in [0.4, 0.5) is 4.39 Å². The molecule has 0 heterocycles. The number of aliphatic carboxylic acids is 1. The molecular formula is C15H18FNO3. The van der Waals surface area contributed by atoms with E-state index in [-0.39, 0.29) is 17.8 Å². The van der Waals surface area contributed by atoms with Gasteiger partial charge in [0.2, 0.25) is 0 Å². The van der Waals surface area contributed by atoms with Gasteiger partial charge in [0.05, 0.1) is 0 Å². The lowest BCUT2D eigenvalue weighted by Gasteiger charge is -2.26. The van der Waals surface area contributed by atoms with Gasteiger partial charge in [-0.25, -0.2) is 9.18 Å². The van der Waals surface area contributed by atoms with Gasteiger partial charge in [-0.1, -0.05) is 0 Å². The monoisotopic (exact) mass is 279 g/mol. The minimum absolute atomic E-state index is 0.0146. The zero-order valence-corrected chi connectivity index (χ0v) is 11.8. The first-order chi connectivity index (χ1) is 9.32. The average Bonchev–Trinajstić information content (AvgIpc) is 3.19. The zero-order valence-electron chi connectivity index (χ0n) is 11.8. The molecule has 1 amide bonds. The van der Waals surface area contributed by atoms with Gasteiger partial charge in [-0.2, -0.15) is 0 Å².